The molecule has 14 heteroatoms. The number of fused-ring (bicyclic) bond motifs is 1. The summed E-state index contributed by atoms with van der Waals surface area (Å²) in [4.78, 5) is 28.2. The number of nitrogens with one attached hydrogen (secondary N) is 1. The molecule has 0 amide bonds. The van der Waals surface area contributed by atoms with Gasteiger partial charge in [0.1, 0.15) is 18.3 Å². The minimum absolute atomic E-state index is 0.00366. The zero-order chi connectivity index (χ0) is 32.7. The van der Waals surface area contributed by atoms with E-state index in [4.69, 9.17) is 4.74 Å². The van der Waals surface area contributed by atoms with Gasteiger partial charge in [0.2, 0.25) is 5.95 Å². The van der Waals surface area contributed by atoms with Crippen LogP contribution < -0.4 is 10.6 Å². The van der Waals surface area contributed by atoms with Gasteiger partial charge in [0.05, 0.1) is 50.5 Å². The molecule has 0 radical (unpaired) electrons. The number of rotatable bonds is 8. The van der Waals surface area contributed by atoms with Crippen molar-refractivity contribution < 1.29 is 27.2 Å². The SMILES string of the molecule is COC(=O)C1=C(C)N(c2cccc(C(F)(F)F)c2)c2n[nH]c(=O)n2[C@@H]1c1ccc(C#N)cc1CC[N+](C)(C)Cc1ccn(C)n1. The van der Waals surface area contributed by atoms with Crippen LogP contribution in [0, 0.1) is 11.3 Å². The van der Waals surface area contributed by atoms with Gasteiger partial charge in [0.25, 0.3) is 0 Å². The van der Waals surface area contributed by atoms with E-state index in [1.54, 1.807) is 29.8 Å². The average Bonchev–Trinajstić information content (AvgIpc) is 3.58. The summed E-state index contributed by atoms with van der Waals surface area (Å²) < 4.78 is 49.6. The fourth-order valence-corrected chi connectivity index (χ4v) is 5.73. The molecule has 1 aliphatic rings. The Kier molecular flexibility index (Phi) is 8.15. The normalized spacial score (nSPS) is 15.2. The summed E-state index contributed by atoms with van der Waals surface area (Å²) in [5.74, 6) is -0.772. The van der Waals surface area contributed by atoms with Crippen molar-refractivity contribution in [2.24, 2.45) is 7.05 Å². The maximum Gasteiger partial charge on any atom is 0.416 e. The quantitative estimate of drug-likeness (QED) is 0.231. The van der Waals surface area contributed by atoms with Crippen LogP contribution in [0.25, 0.3) is 0 Å². The highest BCUT2D eigenvalue weighted by Crippen LogP contribution is 2.43. The van der Waals surface area contributed by atoms with Crippen molar-refractivity contribution >= 4 is 17.6 Å². The molecular formula is C31H32F3N8O3+. The molecule has 0 unspecified atom stereocenters. The highest BCUT2D eigenvalue weighted by Gasteiger charge is 2.41. The lowest BCUT2D eigenvalue weighted by Gasteiger charge is -2.36. The van der Waals surface area contributed by atoms with Crippen molar-refractivity contribution in [1.29, 1.82) is 5.26 Å². The van der Waals surface area contributed by atoms with E-state index < -0.39 is 29.4 Å². The lowest BCUT2D eigenvalue weighted by atomic mass is 9.89. The number of methoxy groups -OCH3 is 1. The number of aromatic amines is 1. The fourth-order valence-electron chi connectivity index (χ4n) is 5.73. The van der Waals surface area contributed by atoms with Crippen molar-refractivity contribution in [2.75, 3.05) is 32.6 Å². The Morgan fingerprint density at radius 3 is 2.58 bits per heavy atom. The minimum atomic E-state index is -4.62. The molecule has 234 valence electrons. The van der Waals surface area contributed by atoms with Crippen LogP contribution in [0.5, 0.6) is 0 Å². The van der Waals surface area contributed by atoms with Gasteiger partial charge in [-0.2, -0.15) is 23.5 Å². The topological polar surface area (TPSA) is 122 Å². The Labute approximate surface area is 257 Å². The molecule has 0 spiro atoms. The fraction of sp³-hybridized carbons (Fsp3) is 0.323. The van der Waals surface area contributed by atoms with Crippen LogP contribution in [-0.4, -0.2) is 62.7 Å². The molecule has 0 fully saturated rings. The van der Waals surface area contributed by atoms with E-state index in [9.17, 15) is 28.0 Å². The van der Waals surface area contributed by atoms with Gasteiger partial charge < -0.3 is 9.22 Å². The first-order valence-corrected chi connectivity index (χ1v) is 14.0. The molecule has 1 aliphatic heterocycles. The Balaban J connectivity index is 1.65. The predicted octanol–water partition coefficient (Wildman–Crippen LogP) is 4.20. The van der Waals surface area contributed by atoms with Crippen LogP contribution in [0.1, 0.15) is 40.9 Å². The lowest BCUT2D eigenvalue weighted by Crippen LogP contribution is -2.41. The number of H-pyrrole nitrogens is 1. The Bertz CT molecular complexity index is 1890. The molecule has 1 atom stereocenters. The average molecular weight is 622 g/mol. The number of halogens is 3. The summed E-state index contributed by atoms with van der Waals surface area (Å²) in [6.45, 7) is 2.82. The number of likely N-dealkylation sites (N-methyl/N-ethyl adjacent to an activating group) is 1. The third-order valence-corrected chi connectivity index (χ3v) is 7.89. The van der Waals surface area contributed by atoms with Crippen molar-refractivity contribution in [3.63, 3.8) is 0 Å². The van der Waals surface area contributed by atoms with Crippen LogP contribution in [-0.2, 0) is 35.7 Å². The number of hydrogen-bond acceptors (Lipinski definition) is 7. The van der Waals surface area contributed by atoms with Crippen molar-refractivity contribution in [3.05, 3.63) is 104 Å². The standard InChI is InChI=1S/C31H31F3N8O3/c1-19-26(28(43)45-5)27(41-29(36-37-30(41)44)40(19)24-8-6-7-22(16-24)31(32,33)34)25-10-9-20(17-35)15-21(25)12-14-42(3,4)18-23-11-13-39(2)38-23/h6-11,13,15-16,27H,12,14,18H2,1-5H3/p+1/t27-/m1/s1. The molecule has 0 saturated carbocycles. The van der Waals surface area contributed by atoms with Crippen molar-refractivity contribution in [2.45, 2.75) is 32.1 Å². The van der Waals surface area contributed by atoms with E-state index in [-0.39, 0.29) is 22.9 Å². The molecule has 3 heterocycles. The second-order valence-corrected chi connectivity index (χ2v) is 11.5. The molecule has 1 N–H and O–H groups in total. The van der Waals surface area contributed by atoms with Gasteiger partial charge in [-0.15, -0.1) is 5.10 Å². The summed E-state index contributed by atoms with van der Waals surface area (Å²) in [5.41, 5.74) is 1.32. The third-order valence-electron chi connectivity index (χ3n) is 7.89. The maximum atomic E-state index is 13.7. The molecule has 11 nitrogen and oxygen atoms in total. The second-order valence-electron chi connectivity index (χ2n) is 11.5. The highest BCUT2D eigenvalue weighted by atomic mass is 19.4. The van der Waals surface area contributed by atoms with E-state index in [1.807, 2.05) is 19.3 Å². The molecule has 2 aromatic heterocycles. The van der Waals surface area contributed by atoms with Crippen molar-refractivity contribution in [3.8, 4) is 6.07 Å². The van der Waals surface area contributed by atoms with Crippen LogP contribution in [0.15, 0.2) is 70.8 Å². The number of hydrogen-bond donors (Lipinski definition) is 1. The summed E-state index contributed by atoms with van der Waals surface area (Å²) in [6.07, 6.45) is -2.28. The van der Waals surface area contributed by atoms with Crippen LogP contribution >= 0.6 is 0 Å². The summed E-state index contributed by atoms with van der Waals surface area (Å²) in [5, 5.41) is 20.8. The summed E-state index contributed by atoms with van der Waals surface area (Å²) in [7, 11) is 7.15. The number of carbonyl (C=O) groups is 1. The van der Waals surface area contributed by atoms with E-state index in [0.717, 1.165) is 17.8 Å². The molecule has 2 aromatic carbocycles. The third kappa shape index (κ3) is 6.12. The largest absolute Gasteiger partial charge is 0.466 e. The number of aromatic nitrogens is 5. The first-order chi connectivity index (χ1) is 21.2. The predicted molar refractivity (Wildman–Crippen MR) is 158 cm³/mol. The first-order valence-electron chi connectivity index (χ1n) is 14.0. The molecule has 45 heavy (non-hydrogen) atoms. The second kappa shape index (κ2) is 11.7. The summed E-state index contributed by atoms with van der Waals surface area (Å²) >= 11 is 0. The number of esters is 1. The number of quaternary nitrogens is 1. The van der Waals surface area contributed by atoms with Crippen LogP contribution in [0.2, 0.25) is 0 Å². The summed E-state index contributed by atoms with van der Waals surface area (Å²) in [6, 6.07) is 12.6. The molecular weight excluding hydrogens is 589 g/mol. The minimum Gasteiger partial charge on any atom is -0.466 e. The van der Waals surface area contributed by atoms with Gasteiger partial charge in [0.15, 0.2) is 0 Å². The Hall–Kier alpha value is -5.16. The first kappa shape index (κ1) is 31.3. The van der Waals surface area contributed by atoms with Crippen LogP contribution in [0.3, 0.4) is 0 Å². The molecule has 0 aliphatic carbocycles. The number of nitrogens with zero attached hydrogens (tertiary/aromatic N) is 7. The number of nitriles is 1. The number of carbonyl (C=O) groups excluding carboxylic acids is 1. The van der Waals surface area contributed by atoms with E-state index >= 15 is 0 Å². The number of aryl methyl sites for hydroxylation is 1. The Morgan fingerprint density at radius 2 is 1.93 bits per heavy atom. The molecule has 0 saturated heterocycles. The maximum absolute atomic E-state index is 13.7. The van der Waals surface area contributed by atoms with Crippen molar-refractivity contribution in [1.82, 2.24) is 24.5 Å². The van der Waals surface area contributed by atoms with Gasteiger partial charge in [-0.25, -0.2) is 19.3 Å². The zero-order valence-electron chi connectivity index (χ0n) is 25.4. The zero-order valence-corrected chi connectivity index (χ0v) is 25.4. The number of ether oxygens (including phenoxy) is 1. The molecule has 5 rings (SSSR count). The van der Waals surface area contributed by atoms with Gasteiger partial charge in [-0.05, 0) is 54.4 Å². The van der Waals surface area contributed by atoms with E-state index in [0.29, 0.717) is 40.7 Å². The van der Waals surface area contributed by atoms with E-state index in [2.05, 4.69) is 35.5 Å². The van der Waals surface area contributed by atoms with Crippen LogP contribution in [0.4, 0.5) is 24.8 Å². The number of benzene rings is 2. The number of anilines is 2. The molecule has 0 bridgehead atoms. The number of allylic oxidation sites excluding steroid dienone is 1. The number of alkyl halides is 3. The highest BCUT2D eigenvalue weighted by molar-refractivity contribution is 5.93. The smallest absolute Gasteiger partial charge is 0.416 e. The lowest BCUT2D eigenvalue weighted by molar-refractivity contribution is -0.903. The van der Waals surface area contributed by atoms with Gasteiger partial charge in [-0.1, -0.05) is 12.1 Å². The van der Waals surface area contributed by atoms with Gasteiger partial charge >= 0.3 is 17.8 Å². The Morgan fingerprint density at radius 1 is 1.18 bits per heavy atom. The molecule has 4 aromatic rings. The van der Waals surface area contributed by atoms with Gasteiger partial charge in [0, 0.05) is 31.0 Å². The van der Waals surface area contributed by atoms with Gasteiger partial charge in [-0.3, -0.25) is 9.58 Å². The van der Waals surface area contributed by atoms with E-state index in [1.165, 1.54) is 28.7 Å². The monoisotopic (exact) mass is 621 g/mol.